The quantitative estimate of drug-likeness (QED) is 0.558. The zero-order chi connectivity index (χ0) is 23.2. The Morgan fingerprint density at radius 3 is 2.52 bits per heavy atom. The first kappa shape index (κ1) is 23.3. The second kappa shape index (κ2) is 10.9. The second-order valence-electron chi connectivity index (χ2n) is 9.60. The summed E-state index contributed by atoms with van der Waals surface area (Å²) in [5.74, 6) is 1.80. The van der Waals surface area contributed by atoms with Gasteiger partial charge >= 0.3 is 6.03 Å². The van der Waals surface area contributed by atoms with E-state index < -0.39 is 0 Å². The molecule has 7 heteroatoms. The maximum Gasteiger partial charge on any atom is 0.319 e. The molecule has 1 aromatic heterocycles. The van der Waals surface area contributed by atoms with Crippen LogP contribution >= 0.6 is 0 Å². The van der Waals surface area contributed by atoms with Gasteiger partial charge in [0.2, 0.25) is 5.95 Å². The Morgan fingerprint density at radius 2 is 1.76 bits per heavy atom. The normalized spacial score (nSPS) is 20.0. The van der Waals surface area contributed by atoms with Crippen LogP contribution in [0.5, 0.6) is 0 Å². The van der Waals surface area contributed by atoms with Gasteiger partial charge in [0.1, 0.15) is 5.82 Å². The third-order valence-corrected chi connectivity index (χ3v) is 6.77. The average Bonchev–Trinajstić information content (AvgIpc) is 2.81. The summed E-state index contributed by atoms with van der Waals surface area (Å²) < 4.78 is 0. The van der Waals surface area contributed by atoms with Crippen molar-refractivity contribution in [3.05, 3.63) is 41.1 Å². The highest BCUT2D eigenvalue weighted by molar-refractivity contribution is 5.90. The van der Waals surface area contributed by atoms with E-state index in [1.165, 1.54) is 29.7 Å². The first-order valence-corrected chi connectivity index (χ1v) is 12.5. The van der Waals surface area contributed by atoms with E-state index in [2.05, 4.69) is 47.9 Å². The Balaban J connectivity index is 1.30. The molecule has 0 radical (unpaired) electrons. The number of para-hydroxylation sites is 1. The number of amides is 2. The van der Waals surface area contributed by atoms with Gasteiger partial charge in [-0.2, -0.15) is 4.98 Å². The molecule has 0 aliphatic heterocycles. The molecule has 2 amide bonds. The van der Waals surface area contributed by atoms with E-state index in [0.717, 1.165) is 68.8 Å². The molecule has 1 heterocycles. The molecule has 0 spiro atoms. The number of hydrogen-bond donors (Lipinski definition) is 3. The zero-order valence-corrected chi connectivity index (χ0v) is 20.3. The molecule has 1 saturated carbocycles. The fraction of sp³-hybridized carbons (Fsp3) is 0.577. The second-order valence-corrected chi connectivity index (χ2v) is 9.60. The molecule has 0 saturated heterocycles. The average molecular weight is 451 g/mol. The molecule has 178 valence electrons. The molecule has 1 fully saturated rings. The maximum atomic E-state index is 12.6. The van der Waals surface area contributed by atoms with Crippen LogP contribution in [0.3, 0.4) is 0 Å². The van der Waals surface area contributed by atoms with Gasteiger partial charge in [0.05, 0.1) is 5.69 Å². The number of aryl methyl sites for hydroxylation is 2. The number of carbonyl (C=O) groups excluding carboxylic acids is 1. The third kappa shape index (κ3) is 5.95. The van der Waals surface area contributed by atoms with Crippen molar-refractivity contribution >= 4 is 23.5 Å². The van der Waals surface area contributed by atoms with Crippen molar-refractivity contribution in [3.8, 4) is 0 Å². The molecule has 2 aromatic rings. The Kier molecular flexibility index (Phi) is 7.68. The topological polar surface area (TPSA) is 82.2 Å². The van der Waals surface area contributed by atoms with Crippen LogP contribution in [0, 0.1) is 0 Å². The number of nitrogens with zero attached hydrogens (tertiary/aromatic N) is 3. The standard InChI is InChI=1S/C26H38N6O/c1-4-9-18-10-5-7-12-22(18)30-26(33)28-20-16-14-19(15-17-20)27-25-29-23-13-8-6-11-21(23)24(31-25)32(2)3/h5,7,10,12,19-20H,4,6,8-9,11,13-17H2,1-3H3,(H,27,29,31)(H2,28,30,33). The largest absolute Gasteiger partial charge is 0.362 e. The zero-order valence-electron chi connectivity index (χ0n) is 20.3. The summed E-state index contributed by atoms with van der Waals surface area (Å²) in [6, 6.07) is 8.48. The highest BCUT2D eigenvalue weighted by Gasteiger charge is 2.25. The molecule has 0 unspecified atom stereocenters. The van der Waals surface area contributed by atoms with Gasteiger partial charge < -0.3 is 20.9 Å². The maximum absolute atomic E-state index is 12.6. The smallest absolute Gasteiger partial charge is 0.319 e. The molecular formula is C26H38N6O. The lowest BCUT2D eigenvalue weighted by Gasteiger charge is -2.30. The molecule has 1 aromatic carbocycles. The van der Waals surface area contributed by atoms with Crippen LogP contribution in [0.2, 0.25) is 0 Å². The van der Waals surface area contributed by atoms with Crippen molar-refractivity contribution in [1.29, 1.82) is 0 Å². The van der Waals surface area contributed by atoms with Gasteiger partial charge in [0, 0.05) is 37.4 Å². The number of nitrogens with one attached hydrogen (secondary N) is 3. The van der Waals surface area contributed by atoms with Crippen molar-refractivity contribution < 1.29 is 4.79 Å². The Hall–Kier alpha value is -2.83. The lowest BCUT2D eigenvalue weighted by atomic mass is 9.91. The van der Waals surface area contributed by atoms with Gasteiger partial charge in [-0.3, -0.25) is 0 Å². The highest BCUT2D eigenvalue weighted by Crippen LogP contribution is 2.29. The molecule has 7 nitrogen and oxygen atoms in total. The van der Waals surface area contributed by atoms with E-state index in [1.807, 2.05) is 18.2 Å². The highest BCUT2D eigenvalue weighted by atomic mass is 16.2. The van der Waals surface area contributed by atoms with E-state index in [9.17, 15) is 4.79 Å². The van der Waals surface area contributed by atoms with Crippen LogP contribution in [0.15, 0.2) is 24.3 Å². The van der Waals surface area contributed by atoms with Gasteiger partial charge in [-0.1, -0.05) is 31.5 Å². The van der Waals surface area contributed by atoms with Crippen LogP contribution in [-0.4, -0.2) is 42.2 Å². The lowest BCUT2D eigenvalue weighted by Crippen LogP contribution is -2.42. The van der Waals surface area contributed by atoms with E-state index in [-0.39, 0.29) is 12.1 Å². The van der Waals surface area contributed by atoms with Gasteiger partial charge in [-0.15, -0.1) is 0 Å². The van der Waals surface area contributed by atoms with Gasteiger partial charge in [0.15, 0.2) is 0 Å². The van der Waals surface area contributed by atoms with Crippen LogP contribution in [-0.2, 0) is 19.3 Å². The molecule has 2 aliphatic carbocycles. The van der Waals surface area contributed by atoms with Crippen LogP contribution in [0.25, 0.3) is 0 Å². The SMILES string of the molecule is CCCc1ccccc1NC(=O)NC1CCC(Nc2nc3c(c(N(C)C)n2)CCCC3)CC1. The Bertz CT molecular complexity index is 952. The predicted octanol–water partition coefficient (Wildman–Crippen LogP) is 4.92. The van der Waals surface area contributed by atoms with Gasteiger partial charge in [-0.05, 0) is 69.4 Å². The fourth-order valence-corrected chi connectivity index (χ4v) is 5.05. The van der Waals surface area contributed by atoms with E-state index in [4.69, 9.17) is 9.97 Å². The minimum Gasteiger partial charge on any atom is -0.362 e. The number of urea groups is 1. The van der Waals surface area contributed by atoms with Crippen molar-refractivity contribution in [3.63, 3.8) is 0 Å². The number of anilines is 3. The van der Waals surface area contributed by atoms with Gasteiger partial charge in [-0.25, -0.2) is 9.78 Å². The first-order chi connectivity index (χ1) is 16.0. The monoisotopic (exact) mass is 450 g/mol. The summed E-state index contributed by atoms with van der Waals surface area (Å²) in [5, 5.41) is 9.80. The van der Waals surface area contributed by atoms with Crippen molar-refractivity contribution in [2.24, 2.45) is 0 Å². The Labute approximate surface area is 197 Å². The number of fused-ring (bicyclic) bond motifs is 1. The van der Waals surface area contributed by atoms with Crippen molar-refractivity contribution in [1.82, 2.24) is 15.3 Å². The molecular weight excluding hydrogens is 412 g/mol. The van der Waals surface area contributed by atoms with E-state index >= 15 is 0 Å². The summed E-state index contributed by atoms with van der Waals surface area (Å²) in [7, 11) is 4.12. The predicted molar refractivity (Wildman–Crippen MR) is 135 cm³/mol. The Morgan fingerprint density at radius 1 is 1.03 bits per heavy atom. The number of aromatic nitrogens is 2. The van der Waals surface area contributed by atoms with Crippen LogP contribution in [0.1, 0.15) is 68.7 Å². The summed E-state index contributed by atoms with van der Waals surface area (Å²) in [4.78, 5) is 24.4. The molecule has 4 rings (SSSR count). The number of hydrogen-bond acceptors (Lipinski definition) is 5. The minimum absolute atomic E-state index is 0.108. The summed E-state index contributed by atoms with van der Waals surface area (Å²) in [5.41, 5.74) is 4.62. The number of carbonyl (C=O) groups is 1. The van der Waals surface area contributed by atoms with Crippen LogP contribution in [0.4, 0.5) is 22.2 Å². The third-order valence-electron chi connectivity index (χ3n) is 6.77. The van der Waals surface area contributed by atoms with Crippen molar-refractivity contribution in [2.75, 3.05) is 29.6 Å². The van der Waals surface area contributed by atoms with Crippen LogP contribution < -0.4 is 20.9 Å². The van der Waals surface area contributed by atoms with Crippen molar-refractivity contribution in [2.45, 2.75) is 83.2 Å². The lowest BCUT2D eigenvalue weighted by molar-refractivity contribution is 0.243. The molecule has 2 aliphatic rings. The van der Waals surface area contributed by atoms with E-state index in [0.29, 0.717) is 6.04 Å². The van der Waals surface area contributed by atoms with E-state index in [1.54, 1.807) is 0 Å². The molecule has 0 bridgehead atoms. The fourth-order valence-electron chi connectivity index (χ4n) is 5.05. The molecule has 33 heavy (non-hydrogen) atoms. The summed E-state index contributed by atoms with van der Waals surface area (Å²) in [6.45, 7) is 2.15. The summed E-state index contributed by atoms with van der Waals surface area (Å²) in [6.07, 6.45) is 10.5. The number of rotatable bonds is 7. The summed E-state index contributed by atoms with van der Waals surface area (Å²) >= 11 is 0. The first-order valence-electron chi connectivity index (χ1n) is 12.5. The number of benzene rings is 1. The molecule has 3 N–H and O–H groups in total. The molecule has 0 atom stereocenters. The van der Waals surface area contributed by atoms with Gasteiger partial charge in [0.25, 0.3) is 0 Å². The minimum atomic E-state index is -0.108.